The van der Waals surface area contributed by atoms with Gasteiger partial charge in [0.15, 0.2) is 0 Å². The molecule has 0 aliphatic carbocycles. The molecule has 0 spiro atoms. The van der Waals surface area contributed by atoms with E-state index < -0.39 is 19.2 Å². The molecule has 0 aromatic carbocycles. The lowest BCUT2D eigenvalue weighted by molar-refractivity contribution is -0.136. The number of hydrogen-bond acceptors (Lipinski definition) is 1. The molecule has 0 rings (SSSR count). The average molecular weight is 77.1 g/mol. The Bertz CT molecular complexity index is 101. The third-order valence-corrected chi connectivity index (χ3v) is 0.151. The van der Waals surface area contributed by atoms with Crippen LogP contribution in [0.4, 0.5) is 0 Å². The van der Waals surface area contributed by atoms with E-state index in [-0.39, 0.29) is 0 Å². The molecule has 1 N–H and O–H groups in total. The minimum absolute atomic E-state index is 0.734. The maximum absolute atomic E-state index is 9.76. The lowest BCUT2D eigenvalue weighted by Gasteiger charge is -1.71. The highest BCUT2D eigenvalue weighted by Crippen LogP contribution is 1.67. The van der Waals surface area contributed by atoms with E-state index in [1.165, 1.54) is 0 Å². The van der Waals surface area contributed by atoms with Crippen molar-refractivity contribution < 1.29 is 14.0 Å². The molecule has 0 saturated carbocycles. The molecule has 0 aromatic rings. The number of aliphatic carboxylic acids is 1. The van der Waals surface area contributed by atoms with Crippen LogP contribution >= 0.6 is 0 Å². The minimum atomic E-state index is -2.38. The molecule has 0 saturated heterocycles. The van der Waals surface area contributed by atoms with E-state index in [0.717, 1.165) is 0 Å². The summed E-state index contributed by atoms with van der Waals surface area (Å²) >= 11 is 0. The van der Waals surface area contributed by atoms with Crippen LogP contribution in [0.1, 0.15) is 17.4 Å². The van der Waals surface area contributed by atoms with Gasteiger partial charge in [-0.2, -0.15) is 0 Å². The molecule has 0 heterocycles. The minimum Gasteiger partial charge on any atom is -0.481 e. The number of carboxylic acids is 1. The Morgan fingerprint density at radius 1 is 2.60 bits per heavy atom. The lowest BCUT2D eigenvalue weighted by atomic mass is 10.5. The summed E-state index contributed by atoms with van der Waals surface area (Å²) in [7, 11) is 0. The van der Waals surface area contributed by atoms with Gasteiger partial charge in [0.1, 0.15) is 0 Å². The Morgan fingerprint density at radius 2 is 3.20 bits per heavy atom. The average Bonchev–Trinajstić information content (AvgIpc) is 1.67. The van der Waals surface area contributed by atoms with Gasteiger partial charge in [-0.05, 0) is 0 Å². The zero-order valence-electron chi connectivity index (χ0n) is 5.56. The first-order valence-electron chi connectivity index (χ1n) is 2.74. The van der Waals surface area contributed by atoms with Crippen molar-refractivity contribution in [3.8, 4) is 0 Å². The maximum Gasteiger partial charge on any atom is 0.303 e. The van der Waals surface area contributed by atoms with Crippen LogP contribution in [-0.2, 0) is 4.79 Å². The van der Waals surface area contributed by atoms with Crippen molar-refractivity contribution >= 4 is 5.97 Å². The van der Waals surface area contributed by atoms with E-state index in [4.69, 9.17) is 9.22 Å². The van der Waals surface area contributed by atoms with E-state index in [0.29, 0.717) is 0 Å². The van der Waals surface area contributed by atoms with Gasteiger partial charge in [-0.15, -0.1) is 0 Å². The number of rotatable bonds is 1. The highest BCUT2D eigenvalue weighted by atomic mass is 16.4. The zero-order chi connectivity index (χ0) is 6.78. The first kappa shape index (κ1) is 1.29. The molecule has 0 aliphatic heterocycles. The molecule has 0 aliphatic rings. The molecule has 2 heteroatoms. The summed E-state index contributed by atoms with van der Waals surface area (Å²) in [5, 5.41) is 7.95. The molecule has 0 atom stereocenters. The van der Waals surface area contributed by atoms with E-state index in [2.05, 4.69) is 0 Å². The van der Waals surface area contributed by atoms with Crippen LogP contribution in [0.3, 0.4) is 0 Å². The third kappa shape index (κ3) is 3.47. The van der Waals surface area contributed by atoms with Crippen LogP contribution in [0.2, 0.25) is 0 Å². The Morgan fingerprint density at radius 3 is 3.20 bits per heavy atom. The quantitative estimate of drug-likeness (QED) is 0.494. The van der Waals surface area contributed by atoms with Crippen LogP contribution in [0, 0.1) is 0 Å². The van der Waals surface area contributed by atoms with Gasteiger partial charge in [0.05, 0.1) is 0 Å². The van der Waals surface area contributed by atoms with Crippen LogP contribution in [0.25, 0.3) is 0 Å². The second-order valence-corrected chi connectivity index (χ2v) is 0.482. The van der Waals surface area contributed by atoms with Gasteiger partial charge in [0.2, 0.25) is 0 Å². The summed E-state index contributed by atoms with van der Waals surface area (Å²) < 4.78 is 19.4. The van der Waals surface area contributed by atoms with Crippen LogP contribution in [0.5, 0.6) is 0 Å². The predicted molar refractivity (Wildman–Crippen MR) is 17.9 cm³/mol. The molecule has 0 radical (unpaired) electrons. The second-order valence-electron chi connectivity index (χ2n) is 0.482. The third-order valence-electron chi connectivity index (χ3n) is 0.151. The fourth-order valence-electron chi connectivity index (χ4n) is 0. The summed E-state index contributed by atoms with van der Waals surface area (Å²) in [6, 6.07) is 0. The van der Waals surface area contributed by atoms with E-state index in [9.17, 15) is 4.79 Å². The number of carboxylic acid groups (broad SMARTS) is 1. The van der Waals surface area contributed by atoms with Crippen molar-refractivity contribution in [2.24, 2.45) is 0 Å². The van der Waals surface area contributed by atoms with Crippen molar-refractivity contribution in [2.75, 3.05) is 0 Å². The molecule has 5 heavy (non-hydrogen) atoms. The highest BCUT2D eigenvalue weighted by Gasteiger charge is 1.80. The SMILES string of the molecule is [2H]CC([2H])([2H])C(=O)O. The molecule has 0 unspecified atom stereocenters. The largest absolute Gasteiger partial charge is 0.481 e. The summed E-state index contributed by atoms with van der Waals surface area (Å²) in [6.45, 7) is -0.734. The van der Waals surface area contributed by atoms with Crippen LogP contribution < -0.4 is 0 Å². The van der Waals surface area contributed by atoms with Gasteiger partial charge >= 0.3 is 5.97 Å². The topological polar surface area (TPSA) is 37.3 Å². The van der Waals surface area contributed by atoms with Gasteiger partial charge in [0.25, 0.3) is 0 Å². The predicted octanol–water partition coefficient (Wildman–Crippen LogP) is 0.481. The number of hydrogen-bond donors (Lipinski definition) is 1. The van der Waals surface area contributed by atoms with Crippen LogP contribution in [-0.4, -0.2) is 11.1 Å². The summed E-state index contributed by atoms with van der Waals surface area (Å²) in [6.07, 6.45) is -2.38. The molecule has 0 fully saturated rings. The highest BCUT2D eigenvalue weighted by molar-refractivity contribution is 5.66. The molecular formula is C3H6O2. The van der Waals surface area contributed by atoms with Crippen molar-refractivity contribution in [1.82, 2.24) is 0 Å². The molecule has 0 amide bonds. The zero-order valence-corrected chi connectivity index (χ0v) is 2.56. The molecule has 30 valence electrons. The van der Waals surface area contributed by atoms with Gasteiger partial charge in [-0.3, -0.25) is 4.79 Å². The van der Waals surface area contributed by atoms with Crippen molar-refractivity contribution in [3.05, 3.63) is 0 Å². The fraction of sp³-hybridized carbons (Fsp3) is 0.667. The van der Waals surface area contributed by atoms with Gasteiger partial charge < -0.3 is 5.11 Å². The lowest BCUT2D eigenvalue weighted by Crippen LogP contribution is -1.86. The van der Waals surface area contributed by atoms with E-state index >= 15 is 0 Å². The summed E-state index contributed by atoms with van der Waals surface area (Å²) in [5.74, 6) is -1.58. The standard InChI is InChI=1S/C3H6O2/c1-2-3(4)5/h2H2,1H3,(H,4,5)/i1D,2D2. The first-order chi connectivity index (χ1) is 3.50. The Kier molecular flexibility index (Phi) is 0.452. The number of carbonyl (C=O) groups is 1. The van der Waals surface area contributed by atoms with Gasteiger partial charge in [-0.25, -0.2) is 0 Å². The molecular weight excluding hydrogens is 68.0 g/mol. The normalized spacial score (nSPS) is 18.8. The molecule has 2 nitrogen and oxygen atoms in total. The second kappa shape index (κ2) is 1.76. The van der Waals surface area contributed by atoms with Crippen LogP contribution in [0.15, 0.2) is 0 Å². The van der Waals surface area contributed by atoms with E-state index in [1.807, 2.05) is 0 Å². The monoisotopic (exact) mass is 77.1 g/mol. The van der Waals surface area contributed by atoms with Crippen molar-refractivity contribution in [3.63, 3.8) is 0 Å². The van der Waals surface area contributed by atoms with Crippen molar-refractivity contribution in [2.45, 2.75) is 13.3 Å². The van der Waals surface area contributed by atoms with E-state index in [1.54, 1.807) is 0 Å². The van der Waals surface area contributed by atoms with Crippen molar-refractivity contribution in [1.29, 1.82) is 0 Å². The fourth-order valence-corrected chi connectivity index (χ4v) is 0. The Labute approximate surface area is 34.6 Å². The smallest absolute Gasteiger partial charge is 0.303 e. The molecule has 0 bridgehead atoms. The van der Waals surface area contributed by atoms with Gasteiger partial charge in [0, 0.05) is 10.5 Å². The van der Waals surface area contributed by atoms with Gasteiger partial charge in [-0.1, -0.05) is 6.90 Å². The summed E-state index contributed by atoms with van der Waals surface area (Å²) in [4.78, 5) is 9.76. The first-order valence-corrected chi connectivity index (χ1v) is 1.03. The Hall–Kier alpha value is -0.530. The summed E-state index contributed by atoms with van der Waals surface area (Å²) in [5.41, 5.74) is 0. The Balaban J connectivity index is 3.91. The maximum atomic E-state index is 9.76. The molecule has 0 aromatic heterocycles.